The highest BCUT2D eigenvalue weighted by atomic mass is 16.5. The SMILES string of the molecule is C/C=C(/CN/C(C)=C(\OCCC1CCCCC1)C(C)=O)Nc1ccccc1. The van der Waals surface area contributed by atoms with Crippen LogP contribution >= 0.6 is 0 Å². The molecule has 1 aromatic rings. The summed E-state index contributed by atoms with van der Waals surface area (Å²) in [6, 6.07) is 10.1. The van der Waals surface area contributed by atoms with Crippen LogP contribution in [0.4, 0.5) is 5.69 Å². The van der Waals surface area contributed by atoms with Gasteiger partial charge in [0.1, 0.15) is 0 Å². The van der Waals surface area contributed by atoms with Gasteiger partial charge >= 0.3 is 0 Å². The number of Topliss-reactive ketones (excluding diaryl/α,β-unsaturated/α-hetero) is 1. The molecule has 0 aliphatic heterocycles. The van der Waals surface area contributed by atoms with E-state index >= 15 is 0 Å². The number of allylic oxidation sites excluding steroid dienone is 3. The van der Waals surface area contributed by atoms with Crippen LogP contribution in [0.15, 0.2) is 53.6 Å². The first-order valence-corrected chi connectivity index (χ1v) is 10.2. The zero-order valence-corrected chi connectivity index (χ0v) is 17.0. The molecule has 148 valence electrons. The minimum absolute atomic E-state index is 0.0262. The summed E-state index contributed by atoms with van der Waals surface area (Å²) in [5.74, 6) is 1.19. The van der Waals surface area contributed by atoms with Crippen molar-refractivity contribution in [3.8, 4) is 0 Å². The molecule has 0 aromatic heterocycles. The van der Waals surface area contributed by atoms with Crippen molar-refractivity contribution < 1.29 is 9.53 Å². The molecule has 2 rings (SSSR count). The molecule has 1 aliphatic rings. The van der Waals surface area contributed by atoms with Crippen molar-refractivity contribution in [1.29, 1.82) is 0 Å². The van der Waals surface area contributed by atoms with E-state index in [0.29, 0.717) is 18.9 Å². The van der Waals surface area contributed by atoms with Gasteiger partial charge in [-0.3, -0.25) is 4.79 Å². The maximum atomic E-state index is 12.0. The van der Waals surface area contributed by atoms with Gasteiger partial charge in [0.05, 0.1) is 18.8 Å². The van der Waals surface area contributed by atoms with Crippen LogP contribution < -0.4 is 10.6 Å². The van der Waals surface area contributed by atoms with Crippen molar-refractivity contribution >= 4 is 11.5 Å². The second-order valence-electron chi connectivity index (χ2n) is 7.31. The molecule has 0 saturated heterocycles. The molecule has 0 heterocycles. The lowest BCUT2D eigenvalue weighted by Gasteiger charge is -2.22. The van der Waals surface area contributed by atoms with E-state index in [1.165, 1.54) is 32.1 Å². The van der Waals surface area contributed by atoms with Crippen LogP contribution in [0.25, 0.3) is 0 Å². The van der Waals surface area contributed by atoms with Crippen molar-refractivity contribution in [2.45, 2.75) is 59.3 Å². The van der Waals surface area contributed by atoms with E-state index in [0.717, 1.165) is 29.4 Å². The van der Waals surface area contributed by atoms with Crippen molar-refractivity contribution in [2.75, 3.05) is 18.5 Å². The molecule has 0 radical (unpaired) electrons. The molecular weight excluding hydrogens is 336 g/mol. The Morgan fingerprint density at radius 1 is 1.15 bits per heavy atom. The summed E-state index contributed by atoms with van der Waals surface area (Å²) in [7, 11) is 0. The topological polar surface area (TPSA) is 50.4 Å². The van der Waals surface area contributed by atoms with Crippen LogP contribution in [0, 0.1) is 5.92 Å². The number of anilines is 1. The molecule has 1 aromatic carbocycles. The van der Waals surface area contributed by atoms with Crippen molar-refractivity contribution in [3.05, 3.63) is 53.6 Å². The van der Waals surface area contributed by atoms with Gasteiger partial charge in [-0.2, -0.15) is 0 Å². The molecule has 1 fully saturated rings. The summed E-state index contributed by atoms with van der Waals surface area (Å²) in [6.45, 7) is 6.71. The van der Waals surface area contributed by atoms with Crippen LogP contribution in [0.3, 0.4) is 0 Å². The highest BCUT2D eigenvalue weighted by molar-refractivity contribution is 5.91. The predicted octanol–water partition coefficient (Wildman–Crippen LogP) is 5.40. The molecule has 4 heteroatoms. The van der Waals surface area contributed by atoms with Crippen molar-refractivity contribution in [3.63, 3.8) is 0 Å². The summed E-state index contributed by atoms with van der Waals surface area (Å²) in [4.78, 5) is 12.0. The number of hydrogen-bond acceptors (Lipinski definition) is 4. The number of benzene rings is 1. The first-order chi connectivity index (χ1) is 13.1. The Balaban J connectivity index is 1.86. The molecule has 1 saturated carbocycles. The molecule has 0 spiro atoms. The van der Waals surface area contributed by atoms with E-state index in [-0.39, 0.29) is 5.78 Å². The smallest absolute Gasteiger partial charge is 0.196 e. The lowest BCUT2D eigenvalue weighted by atomic mass is 9.87. The summed E-state index contributed by atoms with van der Waals surface area (Å²) >= 11 is 0. The number of ether oxygens (including phenoxy) is 1. The van der Waals surface area contributed by atoms with Crippen LogP contribution in [-0.4, -0.2) is 18.9 Å². The third-order valence-corrected chi connectivity index (χ3v) is 5.13. The van der Waals surface area contributed by atoms with Gasteiger partial charge in [-0.15, -0.1) is 0 Å². The molecule has 0 atom stereocenters. The van der Waals surface area contributed by atoms with Gasteiger partial charge in [-0.05, 0) is 38.3 Å². The number of ketones is 1. The quantitative estimate of drug-likeness (QED) is 0.428. The van der Waals surface area contributed by atoms with Crippen LogP contribution in [0.2, 0.25) is 0 Å². The van der Waals surface area contributed by atoms with E-state index in [1.807, 2.05) is 50.3 Å². The molecule has 1 aliphatic carbocycles. The Bertz CT molecular complexity index is 644. The van der Waals surface area contributed by atoms with E-state index in [1.54, 1.807) is 6.92 Å². The predicted molar refractivity (Wildman–Crippen MR) is 112 cm³/mol. The molecule has 2 N–H and O–H groups in total. The van der Waals surface area contributed by atoms with Gasteiger partial charge in [-0.1, -0.05) is 56.4 Å². The Morgan fingerprint density at radius 2 is 1.85 bits per heavy atom. The van der Waals surface area contributed by atoms with Gasteiger partial charge in [0, 0.05) is 18.3 Å². The van der Waals surface area contributed by atoms with E-state index in [2.05, 4.69) is 10.6 Å². The van der Waals surface area contributed by atoms with E-state index in [9.17, 15) is 4.79 Å². The number of hydrogen-bond donors (Lipinski definition) is 2. The third kappa shape index (κ3) is 7.49. The Kier molecular flexibility index (Phi) is 8.96. The normalized spacial score (nSPS) is 16.5. The number of rotatable bonds is 10. The first-order valence-electron chi connectivity index (χ1n) is 10.2. The fourth-order valence-corrected chi connectivity index (χ4v) is 3.51. The molecule has 27 heavy (non-hydrogen) atoms. The number of carbonyl (C=O) groups excluding carboxylic acids is 1. The highest BCUT2D eigenvalue weighted by Crippen LogP contribution is 2.26. The van der Waals surface area contributed by atoms with Crippen molar-refractivity contribution in [2.24, 2.45) is 5.92 Å². The van der Waals surface area contributed by atoms with Crippen molar-refractivity contribution in [1.82, 2.24) is 5.32 Å². The molecule has 0 unspecified atom stereocenters. The summed E-state index contributed by atoms with van der Waals surface area (Å²) in [6.07, 6.45) is 9.71. The van der Waals surface area contributed by atoms with Gasteiger partial charge in [0.2, 0.25) is 0 Å². The van der Waals surface area contributed by atoms with Gasteiger partial charge < -0.3 is 15.4 Å². The van der Waals surface area contributed by atoms with E-state index in [4.69, 9.17) is 4.74 Å². The summed E-state index contributed by atoms with van der Waals surface area (Å²) in [5.41, 5.74) is 2.88. The van der Waals surface area contributed by atoms with Gasteiger partial charge in [-0.25, -0.2) is 0 Å². The molecule has 4 nitrogen and oxygen atoms in total. The van der Waals surface area contributed by atoms with Crippen LogP contribution in [0.1, 0.15) is 59.3 Å². The van der Waals surface area contributed by atoms with Gasteiger partial charge in [0.25, 0.3) is 0 Å². The average Bonchev–Trinajstić information content (AvgIpc) is 2.69. The average molecular weight is 371 g/mol. The minimum Gasteiger partial charge on any atom is -0.488 e. The maximum absolute atomic E-state index is 12.0. The van der Waals surface area contributed by atoms with Gasteiger partial charge in [0.15, 0.2) is 11.5 Å². The maximum Gasteiger partial charge on any atom is 0.196 e. The van der Waals surface area contributed by atoms with Crippen LogP contribution in [-0.2, 0) is 9.53 Å². The fourth-order valence-electron chi connectivity index (χ4n) is 3.51. The Labute approximate surface area is 164 Å². The zero-order chi connectivity index (χ0) is 19.5. The fraction of sp³-hybridized carbons (Fsp3) is 0.522. The monoisotopic (exact) mass is 370 g/mol. The number of para-hydroxylation sites is 1. The summed E-state index contributed by atoms with van der Waals surface area (Å²) in [5, 5.41) is 6.72. The highest BCUT2D eigenvalue weighted by Gasteiger charge is 2.15. The summed E-state index contributed by atoms with van der Waals surface area (Å²) < 4.78 is 5.88. The molecule has 0 bridgehead atoms. The third-order valence-electron chi connectivity index (χ3n) is 5.13. The number of carbonyl (C=O) groups is 1. The molecular formula is C23H34N2O2. The lowest BCUT2D eigenvalue weighted by Crippen LogP contribution is -2.22. The number of nitrogens with one attached hydrogen (secondary N) is 2. The largest absolute Gasteiger partial charge is 0.488 e. The Hall–Kier alpha value is -2.23. The molecule has 0 amide bonds. The van der Waals surface area contributed by atoms with E-state index < -0.39 is 0 Å². The second-order valence-corrected chi connectivity index (χ2v) is 7.31. The zero-order valence-electron chi connectivity index (χ0n) is 17.0. The first kappa shape index (κ1) is 21.1. The standard InChI is InChI=1S/C23H34N2O2/c1-4-21(25-22-13-9-6-10-14-22)17-24-18(2)23(19(3)26)27-16-15-20-11-7-5-8-12-20/h4,6,9-10,13-14,20,24-25H,5,7-8,11-12,15-17H2,1-3H3/b21-4-,23-18-. The van der Waals surface area contributed by atoms with Crippen LogP contribution in [0.5, 0.6) is 0 Å². The lowest BCUT2D eigenvalue weighted by molar-refractivity contribution is -0.117. The minimum atomic E-state index is -0.0262. The Morgan fingerprint density at radius 3 is 2.48 bits per heavy atom. The second kappa shape index (κ2) is 11.5.